The van der Waals surface area contributed by atoms with Crippen LogP contribution in [0.4, 0.5) is 0 Å². The van der Waals surface area contributed by atoms with E-state index in [1.807, 2.05) is 0 Å². The van der Waals surface area contributed by atoms with Gasteiger partial charge in [-0.05, 0) is 25.8 Å². The van der Waals surface area contributed by atoms with Gasteiger partial charge in [0.2, 0.25) is 11.8 Å². The SMILES string of the molecule is COC(C)Cn1c(O)c(C(=O)NC2CC2)c(=O)n2ncc(/C=C/C(=O)N3CCOCC3)c12. The van der Waals surface area contributed by atoms with Gasteiger partial charge in [0.25, 0.3) is 11.5 Å². The minimum absolute atomic E-state index is 0.0191. The van der Waals surface area contributed by atoms with Crippen LogP contribution in [-0.4, -0.2) is 81.6 Å². The average Bonchev–Trinajstić information content (AvgIpc) is 3.50. The molecule has 0 spiro atoms. The van der Waals surface area contributed by atoms with Crippen molar-refractivity contribution < 1.29 is 24.2 Å². The molecule has 2 N–H and O–H groups in total. The average molecular weight is 445 g/mol. The van der Waals surface area contributed by atoms with Gasteiger partial charge in [0, 0.05) is 37.9 Å². The summed E-state index contributed by atoms with van der Waals surface area (Å²) in [6.45, 7) is 3.96. The largest absolute Gasteiger partial charge is 0.494 e. The number of morpholine rings is 1. The molecule has 2 fully saturated rings. The van der Waals surface area contributed by atoms with Crippen molar-refractivity contribution in [2.45, 2.75) is 38.5 Å². The second-order valence-corrected chi connectivity index (χ2v) is 8.01. The quantitative estimate of drug-likeness (QED) is 0.574. The Labute approximate surface area is 184 Å². The van der Waals surface area contributed by atoms with Crippen LogP contribution in [-0.2, 0) is 20.8 Å². The Bertz CT molecular complexity index is 1110. The van der Waals surface area contributed by atoms with Gasteiger partial charge in [-0.15, -0.1) is 0 Å². The van der Waals surface area contributed by atoms with Crippen LogP contribution in [0.1, 0.15) is 35.7 Å². The maximum absolute atomic E-state index is 13.0. The molecule has 0 aromatic carbocycles. The number of hydrogen-bond acceptors (Lipinski definition) is 7. The van der Waals surface area contributed by atoms with Crippen molar-refractivity contribution in [3.63, 3.8) is 0 Å². The Kier molecular flexibility index (Phi) is 6.28. The first kappa shape index (κ1) is 22.0. The molecule has 1 unspecified atom stereocenters. The zero-order valence-corrected chi connectivity index (χ0v) is 18.1. The molecule has 1 aliphatic carbocycles. The van der Waals surface area contributed by atoms with Gasteiger partial charge in [-0.2, -0.15) is 9.61 Å². The van der Waals surface area contributed by atoms with Crippen LogP contribution in [0.15, 0.2) is 17.1 Å². The maximum atomic E-state index is 13.0. The first-order valence-electron chi connectivity index (χ1n) is 10.6. The Morgan fingerprint density at radius 3 is 2.75 bits per heavy atom. The highest BCUT2D eigenvalue weighted by Crippen LogP contribution is 2.24. The smallest absolute Gasteiger partial charge is 0.291 e. The summed E-state index contributed by atoms with van der Waals surface area (Å²) in [7, 11) is 1.53. The highest BCUT2D eigenvalue weighted by molar-refractivity contribution is 5.97. The van der Waals surface area contributed by atoms with Gasteiger partial charge in [-0.1, -0.05) is 0 Å². The number of hydrogen-bond donors (Lipinski definition) is 2. The zero-order valence-electron chi connectivity index (χ0n) is 18.1. The van der Waals surface area contributed by atoms with Crippen molar-refractivity contribution in [3.05, 3.63) is 33.8 Å². The number of rotatable bonds is 7. The van der Waals surface area contributed by atoms with E-state index in [4.69, 9.17) is 9.47 Å². The third-order valence-electron chi connectivity index (χ3n) is 5.62. The molecule has 0 radical (unpaired) electrons. The molecular weight excluding hydrogens is 418 g/mol. The molecule has 11 heteroatoms. The lowest BCUT2D eigenvalue weighted by Crippen LogP contribution is -2.39. The highest BCUT2D eigenvalue weighted by atomic mass is 16.5. The first-order chi connectivity index (χ1) is 15.4. The molecular formula is C21H27N5O6. The lowest BCUT2D eigenvalue weighted by molar-refractivity contribution is -0.129. The van der Waals surface area contributed by atoms with Crippen LogP contribution in [0.2, 0.25) is 0 Å². The van der Waals surface area contributed by atoms with Crippen molar-refractivity contribution in [1.29, 1.82) is 0 Å². The Balaban J connectivity index is 1.76. The number of aromatic hydroxyl groups is 1. The number of carbonyl (C=O) groups is 2. The van der Waals surface area contributed by atoms with Crippen LogP contribution in [0, 0.1) is 0 Å². The number of aromatic nitrogens is 3. The molecule has 172 valence electrons. The van der Waals surface area contributed by atoms with E-state index in [0.717, 1.165) is 17.4 Å². The zero-order chi connectivity index (χ0) is 22.8. The fraction of sp³-hybridized carbons (Fsp3) is 0.524. The van der Waals surface area contributed by atoms with Crippen molar-refractivity contribution in [2.24, 2.45) is 0 Å². The van der Waals surface area contributed by atoms with Crippen LogP contribution in [0.5, 0.6) is 5.88 Å². The summed E-state index contributed by atoms with van der Waals surface area (Å²) >= 11 is 0. The summed E-state index contributed by atoms with van der Waals surface area (Å²) in [5, 5.41) is 17.8. The molecule has 2 aliphatic rings. The number of amides is 2. The van der Waals surface area contributed by atoms with Gasteiger partial charge in [0.05, 0.1) is 32.1 Å². The third-order valence-corrected chi connectivity index (χ3v) is 5.62. The third kappa shape index (κ3) is 4.39. The summed E-state index contributed by atoms with van der Waals surface area (Å²) in [6.07, 6.45) is 5.75. The van der Waals surface area contributed by atoms with E-state index in [1.165, 1.54) is 23.9 Å². The Morgan fingerprint density at radius 2 is 2.09 bits per heavy atom. The van der Waals surface area contributed by atoms with E-state index < -0.39 is 17.3 Å². The molecule has 2 aromatic heterocycles. The summed E-state index contributed by atoms with van der Waals surface area (Å²) in [5.74, 6) is -1.28. The lowest BCUT2D eigenvalue weighted by atomic mass is 10.2. The molecule has 1 aliphatic heterocycles. The molecule has 2 amide bonds. The topological polar surface area (TPSA) is 127 Å². The fourth-order valence-corrected chi connectivity index (χ4v) is 3.57. The van der Waals surface area contributed by atoms with Crippen molar-refractivity contribution >= 4 is 23.5 Å². The van der Waals surface area contributed by atoms with Crippen LogP contribution >= 0.6 is 0 Å². The van der Waals surface area contributed by atoms with Gasteiger partial charge < -0.3 is 24.8 Å². The normalized spacial score (nSPS) is 17.8. The molecule has 1 atom stereocenters. The van der Waals surface area contributed by atoms with Crippen LogP contribution in [0.25, 0.3) is 11.7 Å². The summed E-state index contributed by atoms with van der Waals surface area (Å²) < 4.78 is 13.1. The monoisotopic (exact) mass is 445 g/mol. The molecule has 1 saturated carbocycles. The molecule has 1 saturated heterocycles. The van der Waals surface area contributed by atoms with E-state index in [-0.39, 0.29) is 35.8 Å². The van der Waals surface area contributed by atoms with Crippen molar-refractivity contribution in [1.82, 2.24) is 24.4 Å². The fourth-order valence-electron chi connectivity index (χ4n) is 3.57. The van der Waals surface area contributed by atoms with Gasteiger partial charge >= 0.3 is 0 Å². The molecule has 2 aromatic rings. The number of ether oxygens (including phenoxy) is 2. The standard InChI is InChI=1S/C21H27N5O6/c1-13(31-2)12-25-19-14(3-6-16(27)24-7-9-32-10-8-24)11-22-26(19)21(30)17(20(25)29)18(28)23-15-4-5-15/h3,6,11,13,15,29H,4-5,7-10,12H2,1-2H3,(H,23,28)/b6-3+. The van der Waals surface area contributed by atoms with Gasteiger partial charge in [0.1, 0.15) is 5.65 Å². The Morgan fingerprint density at radius 1 is 1.38 bits per heavy atom. The number of nitrogens with one attached hydrogen (secondary N) is 1. The first-order valence-corrected chi connectivity index (χ1v) is 10.6. The second-order valence-electron chi connectivity index (χ2n) is 8.01. The summed E-state index contributed by atoms with van der Waals surface area (Å²) in [6, 6.07) is 0.0191. The van der Waals surface area contributed by atoms with Crippen LogP contribution in [0.3, 0.4) is 0 Å². The van der Waals surface area contributed by atoms with Crippen LogP contribution < -0.4 is 10.9 Å². The second kappa shape index (κ2) is 9.13. The summed E-state index contributed by atoms with van der Waals surface area (Å²) in [5.41, 5.74) is -0.367. The predicted molar refractivity (Wildman–Crippen MR) is 115 cm³/mol. The van der Waals surface area contributed by atoms with E-state index >= 15 is 0 Å². The number of nitrogens with zero attached hydrogens (tertiary/aromatic N) is 4. The van der Waals surface area contributed by atoms with E-state index in [2.05, 4.69) is 10.4 Å². The molecule has 32 heavy (non-hydrogen) atoms. The lowest BCUT2D eigenvalue weighted by Gasteiger charge is -2.25. The van der Waals surface area contributed by atoms with Gasteiger partial charge in [0.15, 0.2) is 5.56 Å². The molecule has 4 rings (SSSR count). The number of methoxy groups -OCH3 is 1. The Hall–Kier alpha value is -3.18. The van der Waals surface area contributed by atoms with Gasteiger partial charge in [-0.25, -0.2) is 0 Å². The van der Waals surface area contributed by atoms with Crippen molar-refractivity contribution in [3.8, 4) is 5.88 Å². The predicted octanol–water partition coefficient (Wildman–Crippen LogP) is 0.000700. The number of fused-ring (bicyclic) bond motifs is 1. The minimum Gasteiger partial charge on any atom is -0.494 e. The van der Waals surface area contributed by atoms with E-state index in [0.29, 0.717) is 31.9 Å². The highest BCUT2D eigenvalue weighted by Gasteiger charge is 2.30. The number of carbonyl (C=O) groups excluding carboxylic acids is 2. The van der Waals surface area contributed by atoms with Gasteiger partial charge in [-0.3, -0.25) is 19.0 Å². The molecule has 3 heterocycles. The van der Waals surface area contributed by atoms with E-state index in [1.54, 1.807) is 17.9 Å². The molecule has 11 nitrogen and oxygen atoms in total. The minimum atomic E-state index is -0.726. The van der Waals surface area contributed by atoms with Crippen molar-refractivity contribution in [2.75, 3.05) is 33.4 Å². The van der Waals surface area contributed by atoms with E-state index in [9.17, 15) is 19.5 Å². The maximum Gasteiger partial charge on any atom is 0.291 e. The molecule has 0 bridgehead atoms. The summed E-state index contributed by atoms with van der Waals surface area (Å²) in [4.78, 5) is 39.8.